The van der Waals surface area contributed by atoms with Crippen LogP contribution in [-0.4, -0.2) is 32.8 Å². The van der Waals surface area contributed by atoms with Crippen LogP contribution in [0.25, 0.3) is 0 Å². The van der Waals surface area contributed by atoms with Gasteiger partial charge in [0.25, 0.3) is 0 Å². The third-order valence-corrected chi connectivity index (χ3v) is 3.99. The Kier molecular flexibility index (Phi) is 2.96. The monoisotopic (exact) mass is 244 g/mol. The molecule has 3 heterocycles. The van der Waals surface area contributed by atoms with Gasteiger partial charge in [-0.25, -0.2) is 0 Å². The number of rotatable bonds is 3. The van der Waals surface area contributed by atoms with E-state index in [2.05, 4.69) is 52.0 Å². The molecule has 1 fully saturated rings. The summed E-state index contributed by atoms with van der Waals surface area (Å²) in [5, 5.41) is 7.29. The van der Waals surface area contributed by atoms with Crippen LogP contribution in [0.4, 0.5) is 0 Å². The second kappa shape index (κ2) is 4.61. The predicted octanol–water partition coefficient (Wildman–Crippen LogP) is 2.05. The largest absolute Gasteiger partial charge is 0.353 e. The fraction of sp³-hybridized carbons (Fsp3) is 0.500. The maximum Gasteiger partial charge on any atom is 0.0519 e. The zero-order valence-corrected chi connectivity index (χ0v) is 11.1. The molecule has 4 nitrogen and oxygen atoms in total. The van der Waals surface area contributed by atoms with Gasteiger partial charge in [0.05, 0.1) is 6.20 Å². The highest BCUT2D eigenvalue weighted by molar-refractivity contribution is 5.20. The number of nitrogens with one attached hydrogen (secondary N) is 1. The van der Waals surface area contributed by atoms with E-state index >= 15 is 0 Å². The van der Waals surface area contributed by atoms with E-state index in [1.165, 1.54) is 29.9 Å². The Labute approximate surface area is 108 Å². The van der Waals surface area contributed by atoms with Gasteiger partial charge in [-0.3, -0.25) is 10.00 Å². The van der Waals surface area contributed by atoms with Crippen molar-refractivity contribution in [2.75, 3.05) is 13.1 Å². The summed E-state index contributed by atoms with van der Waals surface area (Å²) in [7, 11) is 2.11. The average molecular weight is 244 g/mol. The summed E-state index contributed by atoms with van der Waals surface area (Å²) in [6.45, 7) is 5.49. The summed E-state index contributed by atoms with van der Waals surface area (Å²) in [6, 6.07) is 4.32. The molecule has 2 aromatic heterocycles. The van der Waals surface area contributed by atoms with E-state index in [-0.39, 0.29) is 0 Å². The van der Waals surface area contributed by atoms with Gasteiger partial charge in [-0.1, -0.05) is 0 Å². The summed E-state index contributed by atoms with van der Waals surface area (Å²) in [5.74, 6) is 0.618. The number of hydrogen-bond donors (Lipinski definition) is 1. The van der Waals surface area contributed by atoms with Gasteiger partial charge in [0.1, 0.15) is 0 Å². The van der Waals surface area contributed by atoms with Crippen molar-refractivity contribution in [1.82, 2.24) is 19.7 Å². The fourth-order valence-electron chi connectivity index (χ4n) is 2.87. The third kappa shape index (κ3) is 2.08. The van der Waals surface area contributed by atoms with Crippen LogP contribution in [0.3, 0.4) is 0 Å². The molecule has 0 spiro atoms. The van der Waals surface area contributed by atoms with Crippen LogP contribution in [-0.2, 0) is 13.6 Å². The Morgan fingerprint density at radius 1 is 1.50 bits per heavy atom. The summed E-state index contributed by atoms with van der Waals surface area (Å²) >= 11 is 0. The zero-order chi connectivity index (χ0) is 12.5. The molecule has 4 heteroatoms. The molecule has 3 rings (SSSR count). The maximum absolute atomic E-state index is 4.13. The second-order valence-electron chi connectivity index (χ2n) is 5.30. The lowest BCUT2D eigenvalue weighted by Crippen LogP contribution is -2.21. The molecule has 1 saturated heterocycles. The van der Waals surface area contributed by atoms with Crippen LogP contribution in [0.2, 0.25) is 0 Å². The Bertz CT molecular complexity index is 525. The van der Waals surface area contributed by atoms with Gasteiger partial charge in [0.15, 0.2) is 0 Å². The van der Waals surface area contributed by atoms with Crippen LogP contribution in [0, 0.1) is 6.92 Å². The van der Waals surface area contributed by atoms with Crippen molar-refractivity contribution < 1.29 is 0 Å². The number of aromatic nitrogens is 3. The first-order chi connectivity index (χ1) is 8.74. The molecule has 18 heavy (non-hydrogen) atoms. The normalized spacial score (nSPS) is 20.7. The maximum atomic E-state index is 4.13. The minimum atomic E-state index is 0.618. The van der Waals surface area contributed by atoms with Crippen LogP contribution in [0.5, 0.6) is 0 Å². The first kappa shape index (κ1) is 11.5. The van der Waals surface area contributed by atoms with Crippen LogP contribution >= 0.6 is 0 Å². The molecule has 2 aromatic rings. The highest BCUT2D eigenvalue weighted by Crippen LogP contribution is 2.28. The Morgan fingerprint density at radius 3 is 3.06 bits per heavy atom. The highest BCUT2D eigenvalue weighted by Gasteiger charge is 2.26. The SMILES string of the molecule is Cc1cn[nH]c1[C@H]1CCN(Cc2cccn2C)C1. The highest BCUT2D eigenvalue weighted by atomic mass is 15.2. The van der Waals surface area contributed by atoms with Gasteiger partial charge in [-0.15, -0.1) is 0 Å². The number of nitrogens with zero attached hydrogens (tertiary/aromatic N) is 3. The molecule has 1 aliphatic rings. The van der Waals surface area contributed by atoms with Gasteiger partial charge in [-0.05, 0) is 37.6 Å². The van der Waals surface area contributed by atoms with Crippen molar-refractivity contribution in [3.8, 4) is 0 Å². The van der Waals surface area contributed by atoms with Crippen molar-refractivity contribution >= 4 is 0 Å². The number of aryl methyl sites for hydroxylation is 2. The first-order valence-corrected chi connectivity index (χ1v) is 6.56. The fourth-order valence-corrected chi connectivity index (χ4v) is 2.87. The van der Waals surface area contributed by atoms with Gasteiger partial charge in [0.2, 0.25) is 0 Å². The summed E-state index contributed by atoms with van der Waals surface area (Å²) in [4.78, 5) is 2.53. The van der Waals surface area contributed by atoms with E-state index in [4.69, 9.17) is 0 Å². The molecule has 0 aromatic carbocycles. The minimum Gasteiger partial charge on any atom is -0.353 e. The number of aromatic amines is 1. The molecule has 0 amide bonds. The average Bonchev–Trinajstić information content (AvgIpc) is 3.03. The molecule has 0 unspecified atom stereocenters. The Balaban J connectivity index is 1.66. The van der Waals surface area contributed by atoms with Gasteiger partial charge >= 0.3 is 0 Å². The van der Waals surface area contributed by atoms with Crippen molar-refractivity contribution in [2.24, 2.45) is 7.05 Å². The molecule has 0 bridgehead atoms. The zero-order valence-electron chi connectivity index (χ0n) is 11.1. The molecule has 1 atom stereocenters. The topological polar surface area (TPSA) is 36.9 Å². The van der Waals surface area contributed by atoms with Crippen molar-refractivity contribution in [2.45, 2.75) is 25.8 Å². The molecule has 0 aliphatic carbocycles. The van der Waals surface area contributed by atoms with E-state index < -0.39 is 0 Å². The summed E-state index contributed by atoms with van der Waals surface area (Å²) < 4.78 is 2.20. The molecular weight excluding hydrogens is 224 g/mol. The molecule has 0 radical (unpaired) electrons. The quantitative estimate of drug-likeness (QED) is 0.897. The van der Waals surface area contributed by atoms with Crippen molar-refractivity contribution in [1.29, 1.82) is 0 Å². The van der Waals surface area contributed by atoms with E-state index in [1.807, 2.05) is 6.20 Å². The molecular formula is C14H20N4. The standard InChI is InChI=1S/C14H20N4/c1-11-8-15-16-14(11)12-5-7-18(9-12)10-13-4-3-6-17(13)2/h3-4,6,8,12H,5,7,9-10H2,1-2H3,(H,15,16)/t12-/m0/s1. The number of H-pyrrole nitrogens is 1. The molecule has 0 saturated carbocycles. The van der Waals surface area contributed by atoms with Gasteiger partial charge in [-0.2, -0.15) is 5.10 Å². The second-order valence-corrected chi connectivity index (χ2v) is 5.30. The van der Waals surface area contributed by atoms with E-state index in [0.717, 1.165) is 13.1 Å². The van der Waals surface area contributed by atoms with E-state index in [1.54, 1.807) is 0 Å². The predicted molar refractivity (Wildman–Crippen MR) is 71.4 cm³/mol. The van der Waals surface area contributed by atoms with Crippen molar-refractivity contribution in [3.05, 3.63) is 41.5 Å². The van der Waals surface area contributed by atoms with Crippen LogP contribution < -0.4 is 0 Å². The number of hydrogen-bond acceptors (Lipinski definition) is 2. The van der Waals surface area contributed by atoms with Gasteiger partial charge < -0.3 is 4.57 Å². The Hall–Kier alpha value is -1.55. The lowest BCUT2D eigenvalue weighted by atomic mass is 10.0. The molecule has 96 valence electrons. The minimum absolute atomic E-state index is 0.618. The summed E-state index contributed by atoms with van der Waals surface area (Å²) in [6.07, 6.45) is 5.27. The van der Waals surface area contributed by atoms with E-state index in [9.17, 15) is 0 Å². The summed E-state index contributed by atoms with van der Waals surface area (Å²) in [5.41, 5.74) is 4.00. The number of likely N-dealkylation sites (tertiary alicyclic amines) is 1. The van der Waals surface area contributed by atoms with Crippen molar-refractivity contribution in [3.63, 3.8) is 0 Å². The molecule has 1 N–H and O–H groups in total. The Morgan fingerprint density at radius 2 is 2.39 bits per heavy atom. The van der Waals surface area contributed by atoms with E-state index in [0.29, 0.717) is 5.92 Å². The first-order valence-electron chi connectivity index (χ1n) is 6.56. The lowest BCUT2D eigenvalue weighted by molar-refractivity contribution is 0.318. The van der Waals surface area contributed by atoms with Gasteiger partial charge in [0, 0.05) is 43.6 Å². The third-order valence-electron chi connectivity index (χ3n) is 3.99. The van der Waals surface area contributed by atoms with Crippen LogP contribution in [0.15, 0.2) is 24.5 Å². The molecule has 1 aliphatic heterocycles. The smallest absolute Gasteiger partial charge is 0.0519 e. The van der Waals surface area contributed by atoms with Crippen LogP contribution in [0.1, 0.15) is 29.3 Å². The lowest BCUT2D eigenvalue weighted by Gasteiger charge is -2.16.